The Kier molecular flexibility index (Phi) is 7.70. The molecular weight excluding hydrogens is 544 g/mol. The molecule has 1 amide bonds. The number of hydrogen-bond acceptors (Lipinski definition) is 7. The number of halogens is 2. The van der Waals surface area contributed by atoms with E-state index >= 15 is 4.39 Å². The van der Waals surface area contributed by atoms with Crippen LogP contribution in [0.1, 0.15) is 40.2 Å². The fourth-order valence-electron chi connectivity index (χ4n) is 4.38. The zero-order valence-electron chi connectivity index (χ0n) is 21.4. The Hall–Kier alpha value is -4.07. The van der Waals surface area contributed by atoms with E-state index in [9.17, 15) is 17.6 Å². The Morgan fingerprint density at radius 1 is 1.18 bits per heavy atom. The molecule has 0 unspecified atom stereocenters. The second kappa shape index (κ2) is 11.2. The summed E-state index contributed by atoms with van der Waals surface area (Å²) in [7, 11) is -3.48. The number of anilines is 3. The zero-order chi connectivity index (χ0) is 28.4. The molecule has 1 aliphatic carbocycles. The minimum absolute atomic E-state index is 0.0115. The Morgan fingerprint density at radius 3 is 2.67 bits per heavy atom. The summed E-state index contributed by atoms with van der Waals surface area (Å²) in [5.74, 6) is -1.95. The lowest BCUT2D eigenvalue weighted by atomic mass is 10.1. The predicted molar refractivity (Wildman–Crippen MR) is 146 cm³/mol. The average molecular weight is 572 g/mol. The van der Waals surface area contributed by atoms with Gasteiger partial charge in [0.05, 0.1) is 48.3 Å². The molecule has 1 aromatic heterocycles. The van der Waals surface area contributed by atoms with Gasteiger partial charge in [-0.25, -0.2) is 27.7 Å². The van der Waals surface area contributed by atoms with Crippen LogP contribution in [-0.2, 0) is 21.4 Å². The van der Waals surface area contributed by atoms with Crippen LogP contribution in [0, 0.1) is 11.6 Å². The third kappa shape index (κ3) is 6.22. The van der Waals surface area contributed by atoms with E-state index in [0.717, 1.165) is 24.7 Å². The van der Waals surface area contributed by atoms with Crippen LogP contribution < -0.4 is 15.5 Å². The number of hydrogen-bond donors (Lipinski definition) is 4. The van der Waals surface area contributed by atoms with Crippen molar-refractivity contribution >= 4 is 44.0 Å². The van der Waals surface area contributed by atoms with Crippen LogP contribution in [0.2, 0.25) is 0 Å². The van der Waals surface area contributed by atoms with Crippen molar-refractivity contribution in [3.8, 4) is 0 Å². The van der Waals surface area contributed by atoms with Gasteiger partial charge in [-0.2, -0.15) is 0 Å². The first-order valence-corrected chi connectivity index (χ1v) is 14.4. The van der Waals surface area contributed by atoms with Gasteiger partial charge >= 0.3 is 0 Å². The summed E-state index contributed by atoms with van der Waals surface area (Å²) in [6, 6.07) is 12.7. The van der Waals surface area contributed by atoms with Gasteiger partial charge in [0.2, 0.25) is 10.0 Å². The molecule has 210 valence electrons. The van der Waals surface area contributed by atoms with Crippen molar-refractivity contribution in [2.75, 3.05) is 29.5 Å². The predicted octanol–water partition coefficient (Wildman–Crippen LogP) is 4.01. The summed E-state index contributed by atoms with van der Waals surface area (Å²) in [6.45, 7) is -0.356. The largest absolute Gasteiger partial charge is 0.394 e. The summed E-state index contributed by atoms with van der Waals surface area (Å²) in [5, 5.41) is 11.7. The molecule has 0 spiro atoms. The van der Waals surface area contributed by atoms with E-state index in [4.69, 9.17) is 9.94 Å². The molecule has 40 heavy (non-hydrogen) atoms. The van der Waals surface area contributed by atoms with Gasteiger partial charge in [-0.05, 0) is 60.2 Å². The van der Waals surface area contributed by atoms with Crippen molar-refractivity contribution in [2.24, 2.45) is 0 Å². The maximum atomic E-state index is 15.9. The Morgan fingerprint density at radius 2 is 1.98 bits per heavy atom. The third-order valence-electron chi connectivity index (χ3n) is 6.34. The maximum absolute atomic E-state index is 15.9. The smallest absolute Gasteiger partial charge is 0.277 e. The van der Waals surface area contributed by atoms with Crippen LogP contribution in [-0.4, -0.2) is 48.5 Å². The maximum Gasteiger partial charge on any atom is 0.277 e. The van der Waals surface area contributed by atoms with Crippen molar-refractivity contribution in [2.45, 2.75) is 25.3 Å². The standard InChI is InChI=1S/C27H27F2N5O5S/c1-40(37,38)33-19-4-2-3-16(11-19)14-34-15-30-26-23(34)13-20(27(36)32-39-10-9-35)25(24(26)29)31-22-8-7-18(12-21(22)28)17-5-6-17/h2-4,7-8,11-13,15,17,31,33,35H,5-6,9-10,14H2,1H3,(H,32,36). The lowest BCUT2D eigenvalue weighted by molar-refractivity contribution is 0.0169. The van der Waals surface area contributed by atoms with Crippen molar-refractivity contribution in [3.05, 3.63) is 83.2 Å². The number of aromatic nitrogens is 2. The van der Waals surface area contributed by atoms with Gasteiger partial charge in [-0.1, -0.05) is 18.2 Å². The molecule has 1 saturated carbocycles. The van der Waals surface area contributed by atoms with Gasteiger partial charge in [-0.15, -0.1) is 0 Å². The molecule has 1 fully saturated rings. The summed E-state index contributed by atoms with van der Waals surface area (Å²) < 4.78 is 58.1. The Balaban J connectivity index is 1.52. The molecule has 10 nitrogen and oxygen atoms in total. The van der Waals surface area contributed by atoms with E-state index in [0.29, 0.717) is 17.2 Å². The summed E-state index contributed by atoms with van der Waals surface area (Å²) in [4.78, 5) is 22.1. The van der Waals surface area contributed by atoms with Gasteiger partial charge in [0.1, 0.15) is 11.3 Å². The number of nitrogens with one attached hydrogen (secondary N) is 3. The molecule has 5 rings (SSSR count). The van der Waals surface area contributed by atoms with E-state index in [2.05, 4.69) is 20.5 Å². The number of nitrogens with zero attached hydrogens (tertiary/aromatic N) is 2. The van der Waals surface area contributed by atoms with Crippen LogP contribution in [0.4, 0.5) is 25.8 Å². The molecule has 1 heterocycles. The van der Waals surface area contributed by atoms with Crippen LogP contribution in [0.5, 0.6) is 0 Å². The highest BCUT2D eigenvalue weighted by molar-refractivity contribution is 7.92. The lowest BCUT2D eigenvalue weighted by Crippen LogP contribution is -2.26. The molecular formula is C27H27F2N5O5S. The first kappa shape index (κ1) is 27.5. The van der Waals surface area contributed by atoms with Gasteiger partial charge in [0.15, 0.2) is 5.82 Å². The molecule has 3 aromatic carbocycles. The molecule has 0 atom stereocenters. The van der Waals surface area contributed by atoms with Gasteiger partial charge in [0.25, 0.3) is 5.91 Å². The highest BCUT2D eigenvalue weighted by Crippen LogP contribution is 2.41. The SMILES string of the molecule is CS(=O)(=O)Nc1cccc(Cn2cnc3c(F)c(Nc4ccc(C5CC5)cc4F)c(C(=O)NOCCO)cc32)c1. The number of sulfonamides is 1. The quantitative estimate of drug-likeness (QED) is 0.158. The Labute approximate surface area is 229 Å². The highest BCUT2D eigenvalue weighted by Gasteiger charge is 2.26. The van der Waals surface area contributed by atoms with Gasteiger partial charge in [-0.3, -0.25) is 14.4 Å². The number of fused-ring (bicyclic) bond motifs is 1. The van der Waals surface area contributed by atoms with Crippen molar-refractivity contribution in [1.29, 1.82) is 0 Å². The van der Waals surface area contributed by atoms with Gasteiger partial charge in [0, 0.05) is 12.2 Å². The number of carbonyl (C=O) groups is 1. The molecule has 0 bridgehead atoms. The van der Waals surface area contributed by atoms with E-state index in [1.165, 1.54) is 24.5 Å². The molecule has 1 aliphatic rings. The second-order valence-corrected chi connectivity index (χ2v) is 11.3. The van der Waals surface area contributed by atoms with E-state index in [-0.39, 0.29) is 47.7 Å². The highest BCUT2D eigenvalue weighted by atomic mass is 32.2. The van der Waals surface area contributed by atoms with Crippen LogP contribution in [0.25, 0.3) is 11.0 Å². The summed E-state index contributed by atoms with van der Waals surface area (Å²) in [5.41, 5.74) is 3.80. The lowest BCUT2D eigenvalue weighted by Gasteiger charge is -2.16. The van der Waals surface area contributed by atoms with Crippen molar-refractivity contribution < 1.29 is 31.9 Å². The molecule has 0 radical (unpaired) electrons. The normalized spacial score (nSPS) is 13.4. The second-order valence-electron chi connectivity index (χ2n) is 9.57. The van der Waals surface area contributed by atoms with Gasteiger partial charge < -0.3 is 15.0 Å². The summed E-state index contributed by atoms with van der Waals surface area (Å²) >= 11 is 0. The monoisotopic (exact) mass is 571 g/mol. The number of imidazole rings is 1. The number of aliphatic hydroxyl groups excluding tert-OH is 1. The van der Waals surface area contributed by atoms with Crippen LogP contribution in [0.3, 0.4) is 0 Å². The Bertz CT molecular complexity index is 1690. The minimum atomic E-state index is -3.48. The topological polar surface area (TPSA) is 135 Å². The van der Waals surface area contributed by atoms with E-state index in [1.807, 2.05) is 0 Å². The number of rotatable bonds is 11. The fraction of sp³-hybridized carbons (Fsp3) is 0.259. The van der Waals surface area contributed by atoms with Crippen LogP contribution in [0.15, 0.2) is 54.9 Å². The van der Waals surface area contributed by atoms with Crippen molar-refractivity contribution in [1.82, 2.24) is 15.0 Å². The number of carbonyl (C=O) groups excluding carboxylic acids is 1. The zero-order valence-corrected chi connectivity index (χ0v) is 22.3. The number of benzene rings is 3. The average Bonchev–Trinajstić information content (AvgIpc) is 3.67. The first-order valence-electron chi connectivity index (χ1n) is 12.5. The molecule has 13 heteroatoms. The van der Waals surface area contributed by atoms with E-state index in [1.54, 1.807) is 34.9 Å². The molecule has 0 aliphatic heterocycles. The van der Waals surface area contributed by atoms with Crippen LogP contribution >= 0.6 is 0 Å². The number of hydroxylamine groups is 1. The summed E-state index contributed by atoms with van der Waals surface area (Å²) in [6.07, 6.45) is 4.43. The first-order chi connectivity index (χ1) is 19.1. The minimum Gasteiger partial charge on any atom is -0.394 e. The molecule has 4 aromatic rings. The molecule has 4 N–H and O–H groups in total. The van der Waals surface area contributed by atoms with Crippen molar-refractivity contribution in [3.63, 3.8) is 0 Å². The molecule has 0 saturated heterocycles. The third-order valence-corrected chi connectivity index (χ3v) is 6.95. The fourth-order valence-corrected chi connectivity index (χ4v) is 4.94. The number of aliphatic hydroxyl groups is 1. The van der Waals surface area contributed by atoms with E-state index < -0.39 is 27.6 Å². The number of amides is 1.